The molecule has 84 valence electrons. The van der Waals surface area contributed by atoms with Crippen molar-refractivity contribution in [3.63, 3.8) is 0 Å². The van der Waals surface area contributed by atoms with Crippen LogP contribution < -0.4 is 10.5 Å². The summed E-state index contributed by atoms with van der Waals surface area (Å²) in [5.74, 6) is 0.881. The molecule has 16 heavy (non-hydrogen) atoms. The summed E-state index contributed by atoms with van der Waals surface area (Å²) in [5.41, 5.74) is 8.26. The minimum atomic E-state index is 0.108. The van der Waals surface area contributed by atoms with E-state index in [1.807, 2.05) is 19.1 Å². The van der Waals surface area contributed by atoms with Crippen molar-refractivity contribution < 1.29 is 4.74 Å². The van der Waals surface area contributed by atoms with E-state index in [-0.39, 0.29) is 6.04 Å². The Morgan fingerprint density at radius 3 is 2.38 bits per heavy atom. The molecule has 2 rings (SSSR count). The van der Waals surface area contributed by atoms with Gasteiger partial charge in [0.05, 0.1) is 7.11 Å². The van der Waals surface area contributed by atoms with E-state index in [4.69, 9.17) is 10.5 Å². The lowest BCUT2D eigenvalue weighted by Gasteiger charge is -2.01. The van der Waals surface area contributed by atoms with Crippen LogP contribution >= 0.6 is 11.3 Å². The second-order valence-corrected chi connectivity index (χ2v) is 4.70. The molecular formula is C13H15NOS. The average Bonchev–Trinajstić information content (AvgIpc) is 2.78. The molecule has 1 heterocycles. The Hall–Kier alpha value is -1.32. The van der Waals surface area contributed by atoms with E-state index >= 15 is 0 Å². The fourth-order valence-electron chi connectivity index (χ4n) is 1.53. The first-order chi connectivity index (χ1) is 7.70. The van der Waals surface area contributed by atoms with Crippen molar-refractivity contribution in [2.45, 2.75) is 13.0 Å². The third-order valence-corrected chi connectivity index (χ3v) is 3.63. The zero-order valence-corrected chi connectivity index (χ0v) is 10.3. The Bertz CT molecular complexity index is 459. The first-order valence-electron chi connectivity index (χ1n) is 5.19. The van der Waals surface area contributed by atoms with Gasteiger partial charge in [-0.15, -0.1) is 11.3 Å². The van der Waals surface area contributed by atoms with Crippen molar-refractivity contribution >= 4 is 11.3 Å². The normalized spacial score (nSPS) is 12.4. The van der Waals surface area contributed by atoms with E-state index in [0.29, 0.717) is 0 Å². The molecule has 0 fully saturated rings. The monoisotopic (exact) mass is 233 g/mol. The van der Waals surface area contributed by atoms with E-state index in [1.54, 1.807) is 18.4 Å². The van der Waals surface area contributed by atoms with Crippen molar-refractivity contribution in [3.8, 4) is 16.9 Å². The maximum absolute atomic E-state index is 5.84. The zero-order chi connectivity index (χ0) is 11.5. The molecule has 0 aliphatic carbocycles. The van der Waals surface area contributed by atoms with Crippen LogP contribution in [0.15, 0.2) is 35.7 Å². The number of thiophene rings is 1. The molecule has 1 aromatic carbocycles. The van der Waals surface area contributed by atoms with Gasteiger partial charge in [-0.1, -0.05) is 12.1 Å². The van der Waals surface area contributed by atoms with Gasteiger partial charge in [0.1, 0.15) is 5.75 Å². The molecule has 2 aromatic rings. The lowest BCUT2D eigenvalue weighted by atomic mass is 10.1. The third-order valence-electron chi connectivity index (χ3n) is 2.49. The van der Waals surface area contributed by atoms with Crippen LogP contribution in [0.5, 0.6) is 5.75 Å². The van der Waals surface area contributed by atoms with E-state index in [2.05, 4.69) is 23.6 Å². The Kier molecular flexibility index (Phi) is 3.27. The Morgan fingerprint density at radius 2 is 1.88 bits per heavy atom. The summed E-state index contributed by atoms with van der Waals surface area (Å²) >= 11 is 1.71. The first kappa shape index (κ1) is 11.2. The molecule has 2 N–H and O–H groups in total. The van der Waals surface area contributed by atoms with Crippen molar-refractivity contribution in [1.82, 2.24) is 0 Å². The summed E-state index contributed by atoms with van der Waals surface area (Å²) in [7, 11) is 1.67. The van der Waals surface area contributed by atoms with Crippen molar-refractivity contribution in [3.05, 3.63) is 40.6 Å². The minimum absolute atomic E-state index is 0.108. The lowest BCUT2D eigenvalue weighted by molar-refractivity contribution is 0.415. The van der Waals surface area contributed by atoms with Gasteiger partial charge in [0.15, 0.2) is 0 Å². The van der Waals surface area contributed by atoms with Crippen LogP contribution in [0.1, 0.15) is 17.8 Å². The number of ether oxygens (including phenoxy) is 1. The van der Waals surface area contributed by atoms with Gasteiger partial charge in [-0.2, -0.15) is 0 Å². The molecule has 0 amide bonds. The van der Waals surface area contributed by atoms with Crippen molar-refractivity contribution in [1.29, 1.82) is 0 Å². The van der Waals surface area contributed by atoms with Gasteiger partial charge >= 0.3 is 0 Å². The van der Waals surface area contributed by atoms with Crippen molar-refractivity contribution in [2.75, 3.05) is 7.11 Å². The van der Waals surface area contributed by atoms with Crippen LogP contribution in [0.2, 0.25) is 0 Å². The first-order valence-corrected chi connectivity index (χ1v) is 6.07. The number of hydrogen-bond acceptors (Lipinski definition) is 3. The summed E-state index contributed by atoms with van der Waals surface area (Å²) in [6.45, 7) is 2.00. The van der Waals surface area contributed by atoms with Crippen LogP contribution in [-0.2, 0) is 0 Å². The number of methoxy groups -OCH3 is 1. The van der Waals surface area contributed by atoms with E-state index in [9.17, 15) is 0 Å². The maximum atomic E-state index is 5.84. The van der Waals surface area contributed by atoms with Crippen LogP contribution in [0.3, 0.4) is 0 Å². The molecule has 0 saturated heterocycles. The molecular weight excluding hydrogens is 218 g/mol. The van der Waals surface area contributed by atoms with Crippen LogP contribution in [0.4, 0.5) is 0 Å². The molecule has 0 bridgehead atoms. The second-order valence-electron chi connectivity index (χ2n) is 3.75. The van der Waals surface area contributed by atoms with Crippen molar-refractivity contribution in [2.24, 2.45) is 5.73 Å². The minimum Gasteiger partial charge on any atom is -0.497 e. The molecule has 3 heteroatoms. The Morgan fingerprint density at radius 1 is 1.19 bits per heavy atom. The van der Waals surface area contributed by atoms with Gasteiger partial charge in [-0.25, -0.2) is 0 Å². The molecule has 0 aliphatic rings. The highest BCUT2D eigenvalue weighted by Crippen LogP contribution is 2.29. The highest BCUT2D eigenvalue weighted by Gasteiger charge is 2.05. The molecule has 2 nitrogen and oxygen atoms in total. The Labute approximate surface area is 99.7 Å². The molecule has 1 atom stereocenters. The highest BCUT2D eigenvalue weighted by molar-refractivity contribution is 7.10. The van der Waals surface area contributed by atoms with E-state index in [1.165, 1.54) is 16.0 Å². The number of benzene rings is 1. The van der Waals surface area contributed by atoms with E-state index in [0.717, 1.165) is 5.75 Å². The van der Waals surface area contributed by atoms with Gasteiger partial charge in [0.2, 0.25) is 0 Å². The van der Waals surface area contributed by atoms with Crippen LogP contribution in [0, 0.1) is 0 Å². The number of hydrogen-bond donors (Lipinski definition) is 1. The summed E-state index contributed by atoms with van der Waals surface area (Å²) in [5, 5.41) is 2.14. The average molecular weight is 233 g/mol. The fraction of sp³-hybridized carbons (Fsp3) is 0.231. The van der Waals surface area contributed by atoms with Crippen LogP contribution in [0.25, 0.3) is 11.1 Å². The summed E-state index contributed by atoms with van der Waals surface area (Å²) in [6, 6.07) is 10.3. The topological polar surface area (TPSA) is 35.2 Å². The quantitative estimate of drug-likeness (QED) is 0.881. The fourth-order valence-corrected chi connectivity index (χ4v) is 2.40. The largest absolute Gasteiger partial charge is 0.497 e. The van der Waals surface area contributed by atoms with Gasteiger partial charge in [-0.05, 0) is 41.6 Å². The molecule has 0 saturated carbocycles. The van der Waals surface area contributed by atoms with Gasteiger partial charge < -0.3 is 10.5 Å². The second kappa shape index (κ2) is 4.68. The molecule has 0 aliphatic heterocycles. The molecule has 0 radical (unpaired) electrons. The van der Waals surface area contributed by atoms with Gasteiger partial charge in [0, 0.05) is 10.9 Å². The predicted molar refractivity (Wildman–Crippen MR) is 68.9 cm³/mol. The van der Waals surface area contributed by atoms with Crippen LogP contribution in [-0.4, -0.2) is 7.11 Å². The maximum Gasteiger partial charge on any atom is 0.118 e. The number of rotatable bonds is 3. The Balaban J connectivity index is 2.28. The smallest absolute Gasteiger partial charge is 0.118 e. The zero-order valence-electron chi connectivity index (χ0n) is 9.44. The van der Waals surface area contributed by atoms with Gasteiger partial charge in [0.25, 0.3) is 0 Å². The number of nitrogens with two attached hydrogens (primary N) is 1. The van der Waals surface area contributed by atoms with Gasteiger partial charge in [-0.3, -0.25) is 0 Å². The third kappa shape index (κ3) is 2.26. The SMILES string of the molecule is COc1ccc(-c2csc(C(C)N)c2)cc1. The molecule has 1 aromatic heterocycles. The predicted octanol–water partition coefficient (Wildman–Crippen LogP) is 3.44. The standard InChI is InChI=1S/C13H15NOS/c1-9(14)13-7-11(8-16-13)10-3-5-12(15-2)6-4-10/h3-9H,14H2,1-2H3. The molecule has 0 spiro atoms. The highest BCUT2D eigenvalue weighted by atomic mass is 32.1. The summed E-state index contributed by atoms with van der Waals surface area (Å²) in [4.78, 5) is 1.21. The lowest BCUT2D eigenvalue weighted by Crippen LogP contribution is -2.01. The summed E-state index contributed by atoms with van der Waals surface area (Å²) < 4.78 is 5.13. The van der Waals surface area contributed by atoms with E-state index < -0.39 is 0 Å². The molecule has 1 unspecified atom stereocenters. The summed E-state index contributed by atoms with van der Waals surface area (Å²) in [6.07, 6.45) is 0.